The van der Waals surface area contributed by atoms with Gasteiger partial charge in [-0.05, 0) is 59.6 Å². The number of piperidine rings is 1. The van der Waals surface area contributed by atoms with Gasteiger partial charge in [0.05, 0.1) is 24.7 Å². The Kier molecular flexibility index (Phi) is 8.88. The van der Waals surface area contributed by atoms with Gasteiger partial charge in [-0.25, -0.2) is 17.5 Å². The van der Waals surface area contributed by atoms with E-state index in [0.29, 0.717) is 31.7 Å². The molecule has 204 valence electrons. The number of sulfonamides is 1. The van der Waals surface area contributed by atoms with E-state index in [-0.39, 0.29) is 29.3 Å². The maximum absolute atomic E-state index is 13.6. The molecule has 1 saturated heterocycles. The zero-order valence-corrected chi connectivity index (χ0v) is 22.5. The van der Waals surface area contributed by atoms with Crippen LogP contribution in [0.4, 0.5) is 4.39 Å². The Hall–Kier alpha value is -3.30. The largest absolute Gasteiger partial charge is 0.494 e. The highest BCUT2D eigenvalue weighted by Crippen LogP contribution is 2.29. The molecule has 0 spiro atoms. The first-order chi connectivity index (χ1) is 19.0. The molecule has 1 heterocycles. The standard InChI is InChI=1S/C31H33FN2O4S/c32-30-9-4-3-8-26(30)22-37-18-5-19-38-27-13-10-24(11-14-27)29-16-17-33-21-31(29)34-39(35,36)28-15-12-23-6-1-2-7-25(23)20-28/h1-4,6-15,20,29,31,33-34H,5,16-19,21-22H2/t29-,31-/m0/s1. The Balaban J connectivity index is 1.14. The molecular formula is C31H33FN2O4S. The zero-order valence-electron chi connectivity index (χ0n) is 21.7. The normalized spacial score (nSPS) is 17.8. The third-order valence-corrected chi connectivity index (χ3v) is 8.53. The van der Waals surface area contributed by atoms with Gasteiger partial charge in [-0.2, -0.15) is 0 Å². The van der Waals surface area contributed by atoms with Gasteiger partial charge in [-0.3, -0.25) is 0 Å². The molecule has 5 rings (SSSR count). The minimum Gasteiger partial charge on any atom is -0.494 e. The van der Waals surface area contributed by atoms with Crippen LogP contribution in [0.3, 0.4) is 0 Å². The smallest absolute Gasteiger partial charge is 0.240 e. The second-order valence-electron chi connectivity index (χ2n) is 9.75. The summed E-state index contributed by atoms with van der Waals surface area (Å²) in [7, 11) is -3.69. The Labute approximate surface area is 229 Å². The van der Waals surface area contributed by atoms with Crippen LogP contribution in [0.2, 0.25) is 0 Å². The van der Waals surface area contributed by atoms with E-state index in [1.54, 1.807) is 30.3 Å². The number of rotatable bonds is 11. The van der Waals surface area contributed by atoms with Crippen molar-refractivity contribution in [2.45, 2.75) is 36.3 Å². The lowest BCUT2D eigenvalue weighted by Crippen LogP contribution is -2.49. The summed E-state index contributed by atoms with van der Waals surface area (Å²) in [5.74, 6) is 0.531. The van der Waals surface area contributed by atoms with Gasteiger partial charge < -0.3 is 14.8 Å². The number of hydrogen-bond donors (Lipinski definition) is 2. The monoisotopic (exact) mass is 548 g/mol. The van der Waals surface area contributed by atoms with Gasteiger partial charge in [-0.15, -0.1) is 0 Å². The van der Waals surface area contributed by atoms with Crippen molar-refractivity contribution in [1.29, 1.82) is 0 Å². The second-order valence-corrected chi connectivity index (χ2v) is 11.5. The number of benzene rings is 4. The molecule has 0 bridgehead atoms. The first kappa shape index (κ1) is 27.3. The fraction of sp³-hybridized carbons (Fsp3) is 0.290. The minimum absolute atomic E-state index is 0.0438. The van der Waals surface area contributed by atoms with Gasteiger partial charge in [0.2, 0.25) is 10.0 Å². The molecular weight excluding hydrogens is 515 g/mol. The van der Waals surface area contributed by atoms with Crippen molar-refractivity contribution >= 4 is 20.8 Å². The van der Waals surface area contributed by atoms with E-state index in [4.69, 9.17) is 9.47 Å². The summed E-state index contributed by atoms with van der Waals surface area (Å²) in [6.45, 7) is 2.58. The molecule has 0 radical (unpaired) electrons. The number of ether oxygens (including phenoxy) is 2. The quantitative estimate of drug-likeness (QED) is 0.246. The summed E-state index contributed by atoms with van der Waals surface area (Å²) in [5.41, 5.74) is 1.62. The molecule has 0 unspecified atom stereocenters. The SMILES string of the molecule is O=S(=O)(N[C@H]1CNCC[C@H]1c1ccc(OCCCOCc2ccccc2F)cc1)c1ccc2ccccc2c1. The first-order valence-electron chi connectivity index (χ1n) is 13.3. The molecule has 4 aromatic carbocycles. The molecule has 1 fully saturated rings. The Morgan fingerprint density at radius 1 is 0.897 bits per heavy atom. The van der Waals surface area contributed by atoms with E-state index < -0.39 is 10.0 Å². The second kappa shape index (κ2) is 12.7. The van der Waals surface area contributed by atoms with E-state index in [1.807, 2.05) is 54.6 Å². The number of fused-ring (bicyclic) bond motifs is 1. The van der Waals surface area contributed by atoms with Gasteiger partial charge in [0.1, 0.15) is 11.6 Å². The van der Waals surface area contributed by atoms with Crippen molar-refractivity contribution in [1.82, 2.24) is 10.0 Å². The van der Waals surface area contributed by atoms with Crippen LogP contribution in [0, 0.1) is 5.82 Å². The van der Waals surface area contributed by atoms with Crippen LogP contribution in [0.5, 0.6) is 5.75 Å². The lowest BCUT2D eigenvalue weighted by molar-refractivity contribution is 0.105. The summed E-state index contributed by atoms with van der Waals surface area (Å²) >= 11 is 0. The summed E-state index contributed by atoms with van der Waals surface area (Å²) in [6.07, 6.45) is 1.51. The van der Waals surface area contributed by atoms with E-state index in [2.05, 4.69) is 10.0 Å². The maximum Gasteiger partial charge on any atom is 0.240 e. The molecule has 0 saturated carbocycles. The van der Waals surface area contributed by atoms with E-state index >= 15 is 0 Å². The molecule has 0 aliphatic carbocycles. The Morgan fingerprint density at radius 2 is 1.67 bits per heavy atom. The van der Waals surface area contributed by atoms with Crippen LogP contribution in [-0.2, 0) is 21.4 Å². The van der Waals surface area contributed by atoms with Gasteiger partial charge in [0.15, 0.2) is 0 Å². The molecule has 1 aliphatic heterocycles. The highest BCUT2D eigenvalue weighted by Gasteiger charge is 2.30. The predicted molar refractivity (Wildman–Crippen MR) is 151 cm³/mol. The molecule has 39 heavy (non-hydrogen) atoms. The van der Waals surface area contributed by atoms with Crippen LogP contribution in [0.25, 0.3) is 10.8 Å². The van der Waals surface area contributed by atoms with Crippen LogP contribution < -0.4 is 14.8 Å². The van der Waals surface area contributed by atoms with Crippen LogP contribution in [-0.4, -0.2) is 40.8 Å². The van der Waals surface area contributed by atoms with Crippen molar-refractivity contribution < 1.29 is 22.3 Å². The van der Waals surface area contributed by atoms with Crippen molar-refractivity contribution in [2.24, 2.45) is 0 Å². The minimum atomic E-state index is -3.69. The van der Waals surface area contributed by atoms with Crippen molar-refractivity contribution in [3.63, 3.8) is 0 Å². The topological polar surface area (TPSA) is 76.7 Å². The zero-order chi connectivity index (χ0) is 27.1. The molecule has 4 aromatic rings. The molecule has 8 heteroatoms. The van der Waals surface area contributed by atoms with E-state index in [0.717, 1.165) is 35.1 Å². The molecule has 6 nitrogen and oxygen atoms in total. The molecule has 2 N–H and O–H groups in total. The number of halogens is 1. The molecule has 1 aliphatic rings. The molecule has 0 amide bonds. The van der Waals surface area contributed by atoms with Crippen molar-refractivity contribution in [3.8, 4) is 5.75 Å². The first-order valence-corrected chi connectivity index (χ1v) is 14.7. The lowest BCUT2D eigenvalue weighted by Gasteiger charge is -2.33. The van der Waals surface area contributed by atoms with Gasteiger partial charge in [-0.1, -0.05) is 60.7 Å². The summed E-state index contributed by atoms with van der Waals surface area (Å²) in [6, 6.07) is 27.2. The third kappa shape index (κ3) is 7.02. The fourth-order valence-corrected chi connectivity index (χ4v) is 6.25. The molecule has 0 aromatic heterocycles. The Bertz CT molecular complexity index is 1490. The third-order valence-electron chi connectivity index (χ3n) is 7.05. The van der Waals surface area contributed by atoms with Gasteiger partial charge in [0, 0.05) is 30.5 Å². The highest BCUT2D eigenvalue weighted by atomic mass is 32.2. The average Bonchev–Trinajstić information content (AvgIpc) is 2.96. The summed E-state index contributed by atoms with van der Waals surface area (Å²) in [5, 5.41) is 5.22. The van der Waals surface area contributed by atoms with E-state index in [9.17, 15) is 12.8 Å². The van der Waals surface area contributed by atoms with Crippen LogP contribution >= 0.6 is 0 Å². The predicted octanol–water partition coefficient (Wildman–Crippen LogP) is 5.39. The van der Waals surface area contributed by atoms with Gasteiger partial charge in [0.25, 0.3) is 0 Å². The van der Waals surface area contributed by atoms with E-state index in [1.165, 1.54) is 6.07 Å². The fourth-order valence-electron chi connectivity index (χ4n) is 4.94. The lowest BCUT2D eigenvalue weighted by atomic mass is 9.86. The molecule has 2 atom stereocenters. The average molecular weight is 549 g/mol. The van der Waals surface area contributed by atoms with Gasteiger partial charge >= 0.3 is 0 Å². The number of hydrogen-bond acceptors (Lipinski definition) is 5. The number of nitrogens with one attached hydrogen (secondary N) is 2. The summed E-state index contributed by atoms with van der Waals surface area (Å²) in [4.78, 5) is 0.271. The van der Waals surface area contributed by atoms with Crippen molar-refractivity contribution in [2.75, 3.05) is 26.3 Å². The van der Waals surface area contributed by atoms with Crippen LogP contribution in [0.1, 0.15) is 29.9 Å². The Morgan fingerprint density at radius 3 is 2.49 bits per heavy atom. The summed E-state index contributed by atoms with van der Waals surface area (Å²) < 4.78 is 54.6. The van der Waals surface area contributed by atoms with Crippen LogP contribution in [0.15, 0.2) is 95.9 Å². The van der Waals surface area contributed by atoms with Crippen molar-refractivity contribution in [3.05, 3.63) is 108 Å². The highest BCUT2D eigenvalue weighted by molar-refractivity contribution is 7.89. The maximum atomic E-state index is 13.6.